The van der Waals surface area contributed by atoms with Crippen LogP contribution >= 0.6 is 0 Å². The number of nitrogen functional groups attached to an aromatic ring is 1. The lowest BCUT2D eigenvalue weighted by atomic mass is 10.1. The maximum absolute atomic E-state index is 11.9. The molecule has 0 aromatic heterocycles. The number of methoxy groups -OCH3 is 1. The minimum atomic E-state index is 0.00500. The van der Waals surface area contributed by atoms with E-state index in [0.717, 1.165) is 19.5 Å². The lowest BCUT2D eigenvalue weighted by Crippen LogP contribution is -2.42. The molecule has 1 aliphatic rings. The highest BCUT2D eigenvalue weighted by Gasteiger charge is 2.24. The molecular weight excluding hydrogens is 192 g/mol. The first-order valence-electron chi connectivity index (χ1n) is 4.95. The van der Waals surface area contributed by atoms with E-state index in [0.29, 0.717) is 17.0 Å². The van der Waals surface area contributed by atoms with E-state index in [1.807, 2.05) is 0 Å². The number of nitrogens with zero attached hydrogens (tertiary/aromatic N) is 1. The Labute approximate surface area is 88.6 Å². The SMILES string of the molecule is COc1ccc(N)cc1C(=O)N1CCC1. The second-order valence-electron chi connectivity index (χ2n) is 3.61. The van der Waals surface area contributed by atoms with Crippen LogP contribution in [0, 0.1) is 0 Å². The van der Waals surface area contributed by atoms with E-state index in [2.05, 4.69) is 0 Å². The Bertz CT molecular complexity index is 386. The van der Waals surface area contributed by atoms with Crippen LogP contribution in [0.25, 0.3) is 0 Å². The average molecular weight is 206 g/mol. The van der Waals surface area contributed by atoms with Crippen molar-refractivity contribution in [2.24, 2.45) is 0 Å². The zero-order valence-corrected chi connectivity index (χ0v) is 8.69. The molecule has 0 spiro atoms. The van der Waals surface area contributed by atoms with Gasteiger partial charge in [0, 0.05) is 18.8 Å². The van der Waals surface area contributed by atoms with Crippen LogP contribution in [0.3, 0.4) is 0 Å². The molecule has 2 N–H and O–H groups in total. The number of nitrogens with two attached hydrogens (primary N) is 1. The fourth-order valence-corrected chi connectivity index (χ4v) is 1.58. The van der Waals surface area contributed by atoms with Gasteiger partial charge in [-0.3, -0.25) is 4.79 Å². The third-order valence-corrected chi connectivity index (χ3v) is 2.60. The summed E-state index contributed by atoms with van der Waals surface area (Å²) >= 11 is 0. The molecule has 0 saturated carbocycles. The normalized spacial score (nSPS) is 14.6. The maximum Gasteiger partial charge on any atom is 0.257 e. The first-order chi connectivity index (χ1) is 7.22. The van der Waals surface area contributed by atoms with Crippen LogP contribution in [0.5, 0.6) is 5.75 Å². The molecule has 0 aliphatic carbocycles. The zero-order valence-electron chi connectivity index (χ0n) is 8.69. The Morgan fingerprint density at radius 2 is 2.20 bits per heavy atom. The van der Waals surface area contributed by atoms with Gasteiger partial charge >= 0.3 is 0 Å². The summed E-state index contributed by atoms with van der Waals surface area (Å²) in [7, 11) is 1.55. The highest BCUT2D eigenvalue weighted by atomic mass is 16.5. The van der Waals surface area contributed by atoms with Crippen molar-refractivity contribution < 1.29 is 9.53 Å². The number of anilines is 1. The molecule has 1 aromatic rings. The second-order valence-corrected chi connectivity index (χ2v) is 3.61. The van der Waals surface area contributed by atoms with Crippen molar-refractivity contribution in [1.82, 2.24) is 4.90 Å². The molecule has 0 bridgehead atoms. The van der Waals surface area contributed by atoms with Crippen molar-refractivity contribution in [2.45, 2.75) is 6.42 Å². The average Bonchev–Trinajstić information content (AvgIpc) is 2.15. The number of amides is 1. The summed E-state index contributed by atoms with van der Waals surface area (Å²) < 4.78 is 5.14. The molecule has 0 unspecified atom stereocenters. The van der Waals surface area contributed by atoms with E-state index in [1.54, 1.807) is 30.2 Å². The van der Waals surface area contributed by atoms with E-state index < -0.39 is 0 Å². The molecule has 4 nitrogen and oxygen atoms in total. The largest absolute Gasteiger partial charge is 0.496 e. The van der Waals surface area contributed by atoms with Crippen molar-refractivity contribution in [2.75, 3.05) is 25.9 Å². The lowest BCUT2D eigenvalue weighted by Gasteiger charge is -2.31. The zero-order chi connectivity index (χ0) is 10.8. The summed E-state index contributed by atoms with van der Waals surface area (Å²) in [4.78, 5) is 13.7. The first kappa shape index (κ1) is 9.83. The van der Waals surface area contributed by atoms with E-state index in [4.69, 9.17) is 10.5 Å². The molecule has 1 aromatic carbocycles. The topological polar surface area (TPSA) is 55.6 Å². The van der Waals surface area contributed by atoms with Crippen LogP contribution in [-0.4, -0.2) is 31.0 Å². The Kier molecular flexibility index (Phi) is 2.49. The van der Waals surface area contributed by atoms with Gasteiger partial charge in [-0.15, -0.1) is 0 Å². The van der Waals surface area contributed by atoms with Crippen molar-refractivity contribution in [3.05, 3.63) is 23.8 Å². The van der Waals surface area contributed by atoms with Crippen molar-refractivity contribution in [3.8, 4) is 5.75 Å². The molecule has 0 radical (unpaired) electrons. The fourth-order valence-electron chi connectivity index (χ4n) is 1.58. The van der Waals surface area contributed by atoms with Gasteiger partial charge < -0.3 is 15.4 Å². The number of ether oxygens (including phenoxy) is 1. The third-order valence-electron chi connectivity index (χ3n) is 2.60. The van der Waals surface area contributed by atoms with Crippen LogP contribution in [0.15, 0.2) is 18.2 Å². The van der Waals surface area contributed by atoms with Crippen LogP contribution in [0.4, 0.5) is 5.69 Å². The summed E-state index contributed by atoms with van der Waals surface area (Å²) in [6, 6.07) is 5.12. The number of hydrogen-bond acceptors (Lipinski definition) is 3. The summed E-state index contributed by atoms with van der Waals surface area (Å²) in [5.74, 6) is 0.589. The third kappa shape index (κ3) is 1.75. The minimum absolute atomic E-state index is 0.00500. The minimum Gasteiger partial charge on any atom is -0.496 e. The monoisotopic (exact) mass is 206 g/mol. The molecule has 1 fully saturated rings. The Morgan fingerprint density at radius 1 is 1.47 bits per heavy atom. The summed E-state index contributed by atoms with van der Waals surface area (Å²) in [5, 5.41) is 0. The van der Waals surface area contributed by atoms with Crippen molar-refractivity contribution in [1.29, 1.82) is 0 Å². The van der Waals surface area contributed by atoms with Gasteiger partial charge in [-0.25, -0.2) is 0 Å². The summed E-state index contributed by atoms with van der Waals surface area (Å²) in [6.45, 7) is 1.66. The van der Waals surface area contributed by atoms with Crippen molar-refractivity contribution in [3.63, 3.8) is 0 Å². The van der Waals surface area contributed by atoms with Crippen LogP contribution in [0.2, 0.25) is 0 Å². The quantitative estimate of drug-likeness (QED) is 0.738. The molecule has 80 valence electrons. The number of carbonyl (C=O) groups excluding carboxylic acids is 1. The highest BCUT2D eigenvalue weighted by molar-refractivity contribution is 5.98. The number of hydrogen-bond donors (Lipinski definition) is 1. The molecule has 2 rings (SSSR count). The van der Waals surface area contributed by atoms with Crippen LogP contribution in [0.1, 0.15) is 16.8 Å². The standard InChI is InChI=1S/C11H14N2O2/c1-15-10-4-3-8(12)7-9(10)11(14)13-5-2-6-13/h3-4,7H,2,5-6,12H2,1H3. The molecule has 1 heterocycles. The van der Waals surface area contributed by atoms with Gasteiger partial charge in [0.1, 0.15) is 5.75 Å². The van der Waals surface area contributed by atoms with E-state index in [-0.39, 0.29) is 5.91 Å². The van der Waals surface area contributed by atoms with Crippen molar-refractivity contribution >= 4 is 11.6 Å². The Balaban J connectivity index is 2.31. The van der Waals surface area contributed by atoms with Gasteiger partial charge in [-0.1, -0.05) is 0 Å². The summed E-state index contributed by atoms with van der Waals surface area (Å²) in [6.07, 6.45) is 1.08. The number of rotatable bonds is 2. The molecular formula is C11H14N2O2. The predicted octanol–water partition coefficient (Wildman–Crippen LogP) is 1.12. The van der Waals surface area contributed by atoms with Gasteiger partial charge in [0.15, 0.2) is 0 Å². The number of likely N-dealkylation sites (tertiary alicyclic amines) is 1. The lowest BCUT2D eigenvalue weighted by molar-refractivity contribution is 0.0648. The van der Waals surface area contributed by atoms with Gasteiger partial charge in [-0.05, 0) is 24.6 Å². The Hall–Kier alpha value is -1.71. The maximum atomic E-state index is 11.9. The van der Waals surface area contributed by atoms with Gasteiger partial charge in [0.25, 0.3) is 5.91 Å². The van der Waals surface area contributed by atoms with E-state index in [9.17, 15) is 4.79 Å². The second kappa shape index (κ2) is 3.81. The van der Waals surface area contributed by atoms with E-state index >= 15 is 0 Å². The highest BCUT2D eigenvalue weighted by Crippen LogP contribution is 2.24. The molecule has 15 heavy (non-hydrogen) atoms. The molecule has 1 aliphatic heterocycles. The van der Waals surface area contributed by atoms with Gasteiger partial charge in [0.2, 0.25) is 0 Å². The smallest absolute Gasteiger partial charge is 0.257 e. The molecule has 1 amide bonds. The molecule has 1 saturated heterocycles. The predicted molar refractivity (Wildman–Crippen MR) is 57.9 cm³/mol. The first-order valence-corrected chi connectivity index (χ1v) is 4.95. The van der Waals surface area contributed by atoms with Crippen LogP contribution in [-0.2, 0) is 0 Å². The molecule has 4 heteroatoms. The number of benzene rings is 1. The Morgan fingerprint density at radius 3 is 2.73 bits per heavy atom. The van der Waals surface area contributed by atoms with E-state index in [1.165, 1.54) is 0 Å². The fraction of sp³-hybridized carbons (Fsp3) is 0.364. The molecule has 0 atom stereocenters. The van der Waals surface area contributed by atoms with Crippen LogP contribution < -0.4 is 10.5 Å². The summed E-state index contributed by atoms with van der Waals surface area (Å²) in [5.41, 5.74) is 6.79. The van der Waals surface area contributed by atoms with Gasteiger partial charge in [-0.2, -0.15) is 0 Å². The van der Waals surface area contributed by atoms with Gasteiger partial charge in [0.05, 0.1) is 12.7 Å². The number of carbonyl (C=O) groups is 1.